The predicted molar refractivity (Wildman–Crippen MR) is 108 cm³/mol. The smallest absolute Gasteiger partial charge is 0.335 e. The second kappa shape index (κ2) is 6.01. The molecule has 1 aliphatic rings. The summed E-state index contributed by atoms with van der Waals surface area (Å²) in [5.41, 5.74) is 12.9. The van der Waals surface area contributed by atoms with Gasteiger partial charge in [-0.1, -0.05) is 46.4 Å². The van der Waals surface area contributed by atoms with Crippen LogP contribution in [0.1, 0.15) is 73.1 Å². The molecule has 3 N–H and O–H groups in total. The summed E-state index contributed by atoms with van der Waals surface area (Å²) in [4.78, 5) is 11.1. The van der Waals surface area contributed by atoms with Gasteiger partial charge in [-0.25, -0.2) is 4.79 Å². The number of rotatable bonds is 3. The molecule has 0 bridgehead atoms. The minimum Gasteiger partial charge on any atom is -0.478 e. The molecule has 26 heavy (non-hydrogen) atoms. The van der Waals surface area contributed by atoms with E-state index in [2.05, 4.69) is 46.4 Å². The van der Waals surface area contributed by atoms with E-state index < -0.39 is 5.97 Å². The van der Waals surface area contributed by atoms with Gasteiger partial charge in [0.1, 0.15) is 0 Å². The van der Waals surface area contributed by atoms with Crippen LogP contribution in [-0.2, 0) is 10.8 Å². The SMILES string of the molecule is C=C(c1ccc(C(=O)O)cc1)c1cc2c(cc1N)C(C)(C)CCC2(C)C. The lowest BCUT2D eigenvalue weighted by molar-refractivity contribution is 0.0697. The highest BCUT2D eigenvalue weighted by Crippen LogP contribution is 2.47. The fourth-order valence-corrected chi connectivity index (χ4v) is 3.86. The predicted octanol–water partition coefficient (Wildman–Crippen LogP) is 5.38. The molecule has 3 nitrogen and oxygen atoms in total. The van der Waals surface area contributed by atoms with Crippen LogP contribution in [0, 0.1) is 0 Å². The standard InChI is InChI=1S/C23H27NO2/c1-14(15-6-8-16(9-7-15)21(25)26)17-12-18-19(13-20(17)24)23(4,5)11-10-22(18,2)3/h6-9,12-13H,1,10-11,24H2,2-5H3,(H,25,26). The molecule has 0 amide bonds. The zero-order valence-corrected chi connectivity index (χ0v) is 16.0. The molecule has 3 rings (SSSR count). The van der Waals surface area contributed by atoms with E-state index in [4.69, 9.17) is 10.8 Å². The normalized spacial score (nSPS) is 17.4. The molecule has 0 aliphatic heterocycles. The van der Waals surface area contributed by atoms with Crippen molar-refractivity contribution in [2.45, 2.75) is 51.4 Å². The van der Waals surface area contributed by atoms with Gasteiger partial charge in [0.2, 0.25) is 0 Å². The summed E-state index contributed by atoms with van der Waals surface area (Å²) in [6, 6.07) is 11.1. The Labute approximate surface area is 155 Å². The highest BCUT2D eigenvalue weighted by Gasteiger charge is 2.37. The number of hydrogen-bond acceptors (Lipinski definition) is 2. The lowest BCUT2D eigenvalue weighted by atomic mass is 9.62. The van der Waals surface area contributed by atoms with E-state index in [1.54, 1.807) is 24.3 Å². The van der Waals surface area contributed by atoms with Crippen molar-refractivity contribution in [3.8, 4) is 0 Å². The number of carbonyl (C=O) groups is 1. The van der Waals surface area contributed by atoms with Crippen molar-refractivity contribution in [3.63, 3.8) is 0 Å². The first-order chi connectivity index (χ1) is 12.0. The molecule has 2 aromatic rings. The summed E-state index contributed by atoms with van der Waals surface area (Å²) in [6.07, 6.45) is 2.28. The van der Waals surface area contributed by atoms with Crippen LogP contribution in [-0.4, -0.2) is 11.1 Å². The van der Waals surface area contributed by atoms with E-state index >= 15 is 0 Å². The van der Waals surface area contributed by atoms with Crippen molar-refractivity contribution in [2.75, 3.05) is 5.73 Å². The molecule has 0 spiro atoms. The number of nitrogen functional groups attached to an aromatic ring is 1. The Hall–Kier alpha value is -2.55. The lowest BCUT2D eigenvalue weighted by Gasteiger charge is -2.42. The molecule has 3 heteroatoms. The van der Waals surface area contributed by atoms with Crippen molar-refractivity contribution in [1.29, 1.82) is 0 Å². The van der Waals surface area contributed by atoms with Crippen molar-refractivity contribution in [3.05, 3.63) is 70.8 Å². The monoisotopic (exact) mass is 349 g/mol. The maximum atomic E-state index is 11.1. The van der Waals surface area contributed by atoms with Crippen molar-refractivity contribution in [1.82, 2.24) is 0 Å². The fraction of sp³-hybridized carbons (Fsp3) is 0.348. The van der Waals surface area contributed by atoms with Crippen molar-refractivity contribution < 1.29 is 9.90 Å². The zero-order valence-electron chi connectivity index (χ0n) is 16.0. The third kappa shape index (κ3) is 3.03. The quantitative estimate of drug-likeness (QED) is 0.732. The van der Waals surface area contributed by atoms with Crippen molar-refractivity contribution >= 4 is 17.2 Å². The first-order valence-corrected chi connectivity index (χ1v) is 9.00. The van der Waals surface area contributed by atoms with Gasteiger partial charge in [0.15, 0.2) is 0 Å². The summed E-state index contributed by atoms with van der Waals surface area (Å²) in [7, 11) is 0. The number of hydrogen-bond donors (Lipinski definition) is 2. The third-order valence-electron chi connectivity index (χ3n) is 5.83. The van der Waals surface area contributed by atoms with Gasteiger partial charge >= 0.3 is 5.97 Å². The van der Waals surface area contributed by atoms with Crippen LogP contribution < -0.4 is 5.73 Å². The molecule has 0 fully saturated rings. The third-order valence-corrected chi connectivity index (χ3v) is 5.83. The summed E-state index contributed by atoms with van der Waals surface area (Å²) in [5, 5.41) is 9.07. The molecule has 1 aliphatic carbocycles. The Balaban J connectivity index is 2.09. The largest absolute Gasteiger partial charge is 0.478 e. The zero-order chi connectivity index (χ0) is 19.3. The lowest BCUT2D eigenvalue weighted by Crippen LogP contribution is -2.34. The number of benzene rings is 2. The van der Waals surface area contributed by atoms with Gasteiger partial charge in [0.25, 0.3) is 0 Å². The van der Waals surface area contributed by atoms with Gasteiger partial charge in [0.05, 0.1) is 5.56 Å². The Kier molecular flexibility index (Phi) is 4.22. The van der Waals surface area contributed by atoms with Crippen LogP contribution in [0.3, 0.4) is 0 Å². The van der Waals surface area contributed by atoms with Crippen LogP contribution in [0.5, 0.6) is 0 Å². The maximum absolute atomic E-state index is 11.1. The molecule has 0 atom stereocenters. The second-order valence-corrected chi connectivity index (χ2v) is 8.61. The molecular formula is C23H27NO2. The fourth-order valence-electron chi connectivity index (χ4n) is 3.86. The number of nitrogens with two attached hydrogens (primary N) is 1. The Morgan fingerprint density at radius 2 is 1.42 bits per heavy atom. The van der Waals surface area contributed by atoms with E-state index in [1.165, 1.54) is 11.1 Å². The van der Waals surface area contributed by atoms with Gasteiger partial charge in [0, 0.05) is 11.3 Å². The van der Waals surface area contributed by atoms with Gasteiger partial charge in [-0.2, -0.15) is 0 Å². The number of carboxylic acids is 1. The molecule has 0 saturated heterocycles. The van der Waals surface area contributed by atoms with E-state index in [9.17, 15) is 4.79 Å². The maximum Gasteiger partial charge on any atom is 0.335 e. The molecular weight excluding hydrogens is 322 g/mol. The van der Waals surface area contributed by atoms with Crippen LogP contribution in [0.25, 0.3) is 5.57 Å². The van der Waals surface area contributed by atoms with E-state index in [1.807, 2.05) is 0 Å². The average molecular weight is 349 g/mol. The second-order valence-electron chi connectivity index (χ2n) is 8.61. The summed E-state index contributed by atoms with van der Waals surface area (Å²) >= 11 is 0. The van der Waals surface area contributed by atoms with Crippen LogP contribution in [0.4, 0.5) is 5.69 Å². The molecule has 0 radical (unpaired) electrons. The van der Waals surface area contributed by atoms with E-state index in [-0.39, 0.29) is 16.4 Å². The molecule has 0 saturated carbocycles. The van der Waals surface area contributed by atoms with Gasteiger partial charge in [-0.05, 0) is 70.2 Å². The number of anilines is 1. The summed E-state index contributed by atoms with van der Waals surface area (Å²) in [5.74, 6) is -0.931. The Bertz CT molecular complexity index is 889. The van der Waals surface area contributed by atoms with Gasteiger partial charge < -0.3 is 10.8 Å². The first-order valence-electron chi connectivity index (χ1n) is 9.00. The van der Waals surface area contributed by atoms with E-state index in [0.717, 1.165) is 35.2 Å². The van der Waals surface area contributed by atoms with Crippen LogP contribution in [0.2, 0.25) is 0 Å². The number of aromatic carboxylic acids is 1. The van der Waals surface area contributed by atoms with Crippen LogP contribution >= 0.6 is 0 Å². The molecule has 0 aromatic heterocycles. The number of carboxylic acid groups (broad SMARTS) is 1. The Morgan fingerprint density at radius 3 is 1.92 bits per heavy atom. The first kappa shape index (κ1) is 18.2. The highest BCUT2D eigenvalue weighted by molar-refractivity contribution is 5.90. The summed E-state index contributed by atoms with van der Waals surface area (Å²) in [6.45, 7) is 13.4. The molecule has 136 valence electrons. The Morgan fingerprint density at radius 1 is 0.962 bits per heavy atom. The minimum absolute atomic E-state index is 0.0980. The van der Waals surface area contributed by atoms with Gasteiger partial charge in [-0.15, -0.1) is 0 Å². The highest BCUT2D eigenvalue weighted by atomic mass is 16.4. The summed E-state index contributed by atoms with van der Waals surface area (Å²) < 4.78 is 0. The van der Waals surface area contributed by atoms with E-state index in [0.29, 0.717) is 0 Å². The molecule has 0 unspecified atom stereocenters. The minimum atomic E-state index is -0.931. The number of fused-ring (bicyclic) bond motifs is 1. The van der Waals surface area contributed by atoms with Crippen molar-refractivity contribution in [2.24, 2.45) is 0 Å². The molecule has 0 heterocycles. The van der Waals surface area contributed by atoms with Gasteiger partial charge in [-0.3, -0.25) is 0 Å². The topological polar surface area (TPSA) is 63.3 Å². The molecule has 2 aromatic carbocycles. The van der Waals surface area contributed by atoms with Crippen LogP contribution in [0.15, 0.2) is 43.0 Å². The average Bonchev–Trinajstić information content (AvgIpc) is 2.58.